The van der Waals surface area contributed by atoms with Crippen LogP contribution in [0.15, 0.2) is 29.3 Å². The molecule has 0 unspecified atom stereocenters. The van der Waals surface area contributed by atoms with Crippen LogP contribution in [0.1, 0.15) is 12.5 Å². The first kappa shape index (κ1) is 23.5. The summed E-state index contributed by atoms with van der Waals surface area (Å²) in [7, 11) is 5.51. The number of hydrogen-bond donors (Lipinski definition) is 1. The van der Waals surface area contributed by atoms with Crippen LogP contribution in [-0.2, 0) is 11.3 Å². The SMILES string of the molecule is CN=C(NCCN1CCN(C(C)=O)CC1)N(C)Cc1ccccc1OC.I. The molecule has 7 nitrogen and oxygen atoms in total. The minimum atomic E-state index is 0. The average molecular weight is 489 g/mol. The van der Waals surface area contributed by atoms with Crippen LogP contribution in [0.3, 0.4) is 0 Å². The monoisotopic (exact) mass is 489 g/mol. The average Bonchev–Trinajstić information content (AvgIpc) is 2.66. The van der Waals surface area contributed by atoms with Gasteiger partial charge in [0.05, 0.1) is 7.11 Å². The molecule has 8 heteroatoms. The Balaban J connectivity index is 0.00000364. The molecular formula is C19H32IN5O2. The van der Waals surface area contributed by atoms with Crippen molar-refractivity contribution in [3.63, 3.8) is 0 Å². The lowest BCUT2D eigenvalue weighted by Gasteiger charge is -2.34. The molecule has 1 aliphatic rings. The second-order valence-corrected chi connectivity index (χ2v) is 6.49. The van der Waals surface area contributed by atoms with Gasteiger partial charge in [-0.15, -0.1) is 24.0 Å². The van der Waals surface area contributed by atoms with E-state index in [9.17, 15) is 4.79 Å². The van der Waals surface area contributed by atoms with Crippen molar-refractivity contribution in [3.8, 4) is 5.75 Å². The number of halogens is 1. The summed E-state index contributed by atoms with van der Waals surface area (Å²) in [4.78, 5) is 22.1. The molecule has 0 spiro atoms. The first-order valence-corrected chi connectivity index (χ1v) is 9.06. The molecule has 1 aromatic carbocycles. The molecule has 0 radical (unpaired) electrons. The van der Waals surface area contributed by atoms with E-state index < -0.39 is 0 Å². The fourth-order valence-corrected chi connectivity index (χ4v) is 3.16. The lowest BCUT2D eigenvalue weighted by Crippen LogP contribution is -2.50. The van der Waals surface area contributed by atoms with Crippen molar-refractivity contribution in [2.24, 2.45) is 4.99 Å². The number of methoxy groups -OCH3 is 1. The highest BCUT2D eigenvalue weighted by atomic mass is 127. The molecule has 0 aliphatic carbocycles. The summed E-state index contributed by atoms with van der Waals surface area (Å²) in [6, 6.07) is 8.03. The second kappa shape index (κ2) is 12.0. The third-order valence-electron chi connectivity index (χ3n) is 4.70. The highest BCUT2D eigenvalue weighted by molar-refractivity contribution is 14.0. The normalized spacial score (nSPS) is 15.1. The van der Waals surface area contributed by atoms with Gasteiger partial charge in [-0.3, -0.25) is 14.7 Å². The number of para-hydroxylation sites is 1. The number of nitrogens with zero attached hydrogens (tertiary/aromatic N) is 4. The Morgan fingerprint density at radius 2 is 1.93 bits per heavy atom. The van der Waals surface area contributed by atoms with Gasteiger partial charge in [-0.2, -0.15) is 0 Å². The van der Waals surface area contributed by atoms with Crippen LogP contribution in [0.25, 0.3) is 0 Å². The zero-order chi connectivity index (χ0) is 18.9. The highest BCUT2D eigenvalue weighted by Crippen LogP contribution is 2.18. The molecule has 0 bridgehead atoms. The molecule has 2 rings (SSSR count). The summed E-state index contributed by atoms with van der Waals surface area (Å²) in [6.07, 6.45) is 0. The lowest BCUT2D eigenvalue weighted by atomic mass is 10.2. The number of amides is 1. The number of aliphatic imine (C=N–C) groups is 1. The van der Waals surface area contributed by atoms with E-state index in [1.54, 1.807) is 21.1 Å². The van der Waals surface area contributed by atoms with E-state index in [2.05, 4.69) is 26.2 Å². The van der Waals surface area contributed by atoms with Crippen LogP contribution in [0.2, 0.25) is 0 Å². The van der Waals surface area contributed by atoms with Crippen molar-refractivity contribution < 1.29 is 9.53 Å². The predicted octanol–water partition coefficient (Wildman–Crippen LogP) is 1.48. The van der Waals surface area contributed by atoms with Gasteiger partial charge in [0.1, 0.15) is 5.75 Å². The number of carbonyl (C=O) groups is 1. The molecular weight excluding hydrogens is 457 g/mol. The van der Waals surface area contributed by atoms with E-state index in [0.717, 1.165) is 63.1 Å². The molecule has 0 aromatic heterocycles. The molecule has 1 fully saturated rings. The number of hydrogen-bond acceptors (Lipinski definition) is 4. The van der Waals surface area contributed by atoms with Crippen molar-refractivity contribution >= 4 is 35.8 Å². The van der Waals surface area contributed by atoms with Gasteiger partial charge in [-0.25, -0.2) is 0 Å². The Hall–Kier alpha value is -1.55. The number of carbonyl (C=O) groups excluding carboxylic acids is 1. The maximum absolute atomic E-state index is 11.4. The summed E-state index contributed by atoms with van der Waals surface area (Å²) < 4.78 is 5.42. The van der Waals surface area contributed by atoms with Gasteiger partial charge >= 0.3 is 0 Å². The predicted molar refractivity (Wildman–Crippen MR) is 120 cm³/mol. The fourth-order valence-electron chi connectivity index (χ4n) is 3.16. The Labute approximate surface area is 179 Å². The molecule has 0 atom stereocenters. The maximum atomic E-state index is 11.4. The zero-order valence-corrected chi connectivity index (χ0v) is 19.1. The van der Waals surface area contributed by atoms with E-state index in [-0.39, 0.29) is 29.9 Å². The van der Waals surface area contributed by atoms with Crippen molar-refractivity contribution in [1.29, 1.82) is 0 Å². The third-order valence-corrected chi connectivity index (χ3v) is 4.70. The Morgan fingerprint density at radius 1 is 1.26 bits per heavy atom. The summed E-state index contributed by atoms with van der Waals surface area (Å²) in [5.41, 5.74) is 1.13. The fraction of sp³-hybridized carbons (Fsp3) is 0.579. The highest BCUT2D eigenvalue weighted by Gasteiger charge is 2.18. The van der Waals surface area contributed by atoms with Gasteiger partial charge in [-0.1, -0.05) is 18.2 Å². The van der Waals surface area contributed by atoms with Crippen molar-refractivity contribution in [3.05, 3.63) is 29.8 Å². The van der Waals surface area contributed by atoms with Gasteiger partial charge in [0.25, 0.3) is 0 Å². The molecule has 27 heavy (non-hydrogen) atoms. The number of nitrogens with one attached hydrogen (secondary N) is 1. The quantitative estimate of drug-likeness (QED) is 0.373. The summed E-state index contributed by atoms with van der Waals surface area (Å²) in [5, 5.41) is 3.42. The molecule has 1 N–H and O–H groups in total. The Morgan fingerprint density at radius 3 is 2.52 bits per heavy atom. The molecule has 1 aromatic rings. The molecule has 1 heterocycles. The van der Waals surface area contributed by atoms with Gasteiger partial charge in [0.2, 0.25) is 5.91 Å². The number of benzene rings is 1. The maximum Gasteiger partial charge on any atom is 0.219 e. The molecule has 152 valence electrons. The number of guanidine groups is 1. The number of rotatable bonds is 6. The summed E-state index contributed by atoms with van der Waals surface area (Å²) >= 11 is 0. The second-order valence-electron chi connectivity index (χ2n) is 6.49. The van der Waals surface area contributed by atoms with Crippen LogP contribution in [0, 0.1) is 0 Å². The zero-order valence-electron chi connectivity index (χ0n) is 16.8. The van der Waals surface area contributed by atoms with E-state index in [1.165, 1.54) is 0 Å². The first-order chi connectivity index (χ1) is 12.5. The number of piperazine rings is 1. The van der Waals surface area contributed by atoms with Crippen molar-refractivity contribution in [2.75, 3.05) is 60.5 Å². The van der Waals surface area contributed by atoms with Crippen LogP contribution < -0.4 is 10.1 Å². The number of ether oxygens (including phenoxy) is 1. The van der Waals surface area contributed by atoms with E-state index in [1.807, 2.05) is 30.1 Å². The van der Waals surface area contributed by atoms with E-state index in [4.69, 9.17) is 4.74 Å². The molecule has 1 amide bonds. The van der Waals surface area contributed by atoms with Crippen molar-refractivity contribution in [1.82, 2.24) is 20.0 Å². The molecule has 0 saturated carbocycles. The Kier molecular flexibility index (Phi) is 10.5. The standard InChI is InChI=1S/C19H31N5O2.HI/c1-16(25)24-13-11-23(12-14-24)10-9-21-19(20-2)22(3)15-17-7-5-6-8-18(17)26-4;/h5-8H,9-15H2,1-4H3,(H,20,21);1H. The van der Waals surface area contributed by atoms with E-state index in [0.29, 0.717) is 0 Å². The minimum Gasteiger partial charge on any atom is -0.496 e. The first-order valence-electron chi connectivity index (χ1n) is 9.06. The smallest absolute Gasteiger partial charge is 0.219 e. The van der Waals surface area contributed by atoms with Gasteiger partial charge in [0.15, 0.2) is 5.96 Å². The van der Waals surface area contributed by atoms with Gasteiger partial charge in [0, 0.05) is 72.4 Å². The van der Waals surface area contributed by atoms with Crippen LogP contribution in [0.4, 0.5) is 0 Å². The topological polar surface area (TPSA) is 60.4 Å². The third kappa shape index (κ3) is 7.17. The van der Waals surface area contributed by atoms with Gasteiger partial charge in [-0.05, 0) is 6.07 Å². The van der Waals surface area contributed by atoms with E-state index >= 15 is 0 Å². The minimum absolute atomic E-state index is 0. The van der Waals surface area contributed by atoms with Crippen LogP contribution in [0.5, 0.6) is 5.75 Å². The van der Waals surface area contributed by atoms with Crippen molar-refractivity contribution in [2.45, 2.75) is 13.5 Å². The summed E-state index contributed by atoms with van der Waals surface area (Å²) in [5.74, 6) is 1.91. The van der Waals surface area contributed by atoms with Crippen LogP contribution in [-0.4, -0.2) is 87.0 Å². The molecule has 1 aliphatic heterocycles. The van der Waals surface area contributed by atoms with Crippen LogP contribution >= 0.6 is 24.0 Å². The lowest BCUT2D eigenvalue weighted by molar-refractivity contribution is -0.130. The van der Waals surface area contributed by atoms with Gasteiger partial charge < -0.3 is 19.9 Å². The Bertz CT molecular complexity index is 618. The molecule has 1 saturated heterocycles. The largest absolute Gasteiger partial charge is 0.496 e. The summed E-state index contributed by atoms with van der Waals surface area (Å²) in [6.45, 7) is 7.61.